The summed E-state index contributed by atoms with van der Waals surface area (Å²) in [6.07, 6.45) is 1.62. The van der Waals surface area contributed by atoms with Crippen LogP contribution in [0.1, 0.15) is 16.7 Å². The third kappa shape index (κ3) is 4.20. The first-order valence-electron chi connectivity index (χ1n) is 10.5. The lowest BCUT2D eigenvalue weighted by Gasteiger charge is -2.11. The topological polar surface area (TPSA) is 47.0 Å². The number of hydrogen-bond donors (Lipinski definition) is 1. The van der Waals surface area contributed by atoms with Gasteiger partial charge in [-0.15, -0.1) is 11.3 Å². The molecule has 32 heavy (non-hydrogen) atoms. The Hall–Kier alpha value is -3.70. The van der Waals surface area contributed by atoms with Crippen molar-refractivity contribution in [1.82, 2.24) is 9.97 Å². The minimum atomic E-state index is 0.550. The SMILES string of the molecule is Cc1ccc(-c2csc3ncnc(Nc4ccc(OCc5ccccc5)cc4)c23)c(C)c1. The van der Waals surface area contributed by atoms with Crippen molar-refractivity contribution in [3.63, 3.8) is 0 Å². The van der Waals surface area contributed by atoms with Gasteiger partial charge in [0.2, 0.25) is 0 Å². The first kappa shape index (κ1) is 20.2. The molecule has 0 aliphatic carbocycles. The molecule has 0 aliphatic heterocycles. The monoisotopic (exact) mass is 437 g/mol. The zero-order valence-electron chi connectivity index (χ0n) is 18.0. The van der Waals surface area contributed by atoms with Crippen molar-refractivity contribution >= 4 is 33.1 Å². The Kier molecular flexibility index (Phi) is 5.57. The van der Waals surface area contributed by atoms with Gasteiger partial charge >= 0.3 is 0 Å². The summed E-state index contributed by atoms with van der Waals surface area (Å²) in [5.41, 5.74) is 6.98. The van der Waals surface area contributed by atoms with Crippen LogP contribution in [0.3, 0.4) is 0 Å². The number of rotatable bonds is 6. The van der Waals surface area contributed by atoms with Gasteiger partial charge < -0.3 is 10.1 Å². The molecule has 2 heterocycles. The molecule has 158 valence electrons. The van der Waals surface area contributed by atoms with Crippen molar-refractivity contribution in [2.24, 2.45) is 0 Å². The Balaban J connectivity index is 1.40. The average Bonchev–Trinajstić information content (AvgIpc) is 3.24. The van der Waals surface area contributed by atoms with Gasteiger partial charge in [-0.1, -0.05) is 54.1 Å². The van der Waals surface area contributed by atoms with Gasteiger partial charge in [-0.3, -0.25) is 0 Å². The number of benzene rings is 3. The van der Waals surface area contributed by atoms with Crippen LogP contribution in [0.5, 0.6) is 5.75 Å². The van der Waals surface area contributed by atoms with Crippen molar-refractivity contribution in [2.45, 2.75) is 20.5 Å². The van der Waals surface area contributed by atoms with Gasteiger partial charge in [0.25, 0.3) is 0 Å². The van der Waals surface area contributed by atoms with Gasteiger partial charge in [-0.05, 0) is 54.8 Å². The second-order valence-corrected chi connectivity index (χ2v) is 8.65. The molecule has 4 nitrogen and oxygen atoms in total. The summed E-state index contributed by atoms with van der Waals surface area (Å²) in [6.45, 7) is 4.82. The number of hydrogen-bond acceptors (Lipinski definition) is 5. The van der Waals surface area contributed by atoms with Crippen molar-refractivity contribution in [3.05, 3.63) is 101 Å². The third-order valence-corrected chi connectivity index (χ3v) is 6.29. The summed E-state index contributed by atoms with van der Waals surface area (Å²) in [5, 5.41) is 6.69. The quantitative estimate of drug-likeness (QED) is 0.303. The van der Waals surface area contributed by atoms with E-state index in [-0.39, 0.29) is 0 Å². The normalized spacial score (nSPS) is 10.9. The van der Waals surface area contributed by atoms with E-state index in [1.54, 1.807) is 17.7 Å². The number of thiophene rings is 1. The Morgan fingerprint density at radius 2 is 1.69 bits per heavy atom. The fourth-order valence-electron chi connectivity index (χ4n) is 3.80. The van der Waals surface area contributed by atoms with Crippen molar-refractivity contribution in [2.75, 3.05) is 5.32 Å². The summed E-state index contributed by atoms with van der Waals surface area (Å²) in [5.74, 6) is 1.64. The molecule has 5 heteroatoms. The summed E-state index contributed by atoms with van der Waals surface area (Å²) < 4.78 is 5.90. The van der Waals surface area contributed by atoms with E-state index in [0.29, 0.717) is 6.61 Å². The highest BCUT2D eigenvalue weighted by Gasteiger charge is 2.15. The molecule has 0 spiro atoms. The summed E-state index contributed by atoms with van der Waals surface area (Å²) in [4.78, 5) is 10.0. The number of ether oxygens (including phenoxy) is 1. The lowest BCUT2D eigenvalue weighted by atomic mass is 9.99. The maximum atomic E-state index is 5.90. The van der Waals surface area contributed by atoms with E-state index in [2.05, 4.69) is 64.8 Å². The molecule has 0 unspecified atom stereocenters. The van der Waals surface area contributed by atoms with E-state index in [0.717, 1.165) is 38.6 Å². The average molecular weight is 438 g/mol. The number of fused-ring (bicyclic) bond motifs is 1. The first-order valence-corrected chi connectivity index (χ1v) is 11.4. The predicted molar refractivity (Wildman–Crippen MR) is 133 cm³/mol. The van der Waals surface area contributed by atoms with Gasteiger partial charge in [0.1, 0.15) is 29.3 Å². The highest BCUT2D eigenvalue weighted by Crippen LogP contribution is 2.39. The molecule has 5 rings (SSSR count). The predicted octanol–water partition coefficient (Wildman–Crippen LogP) is 7.30. The molecule has 2 aromatic heterocycles. The second kappa shape index (κ2) is 8.81. The molecule has 0 amide bonds. The van der Waals surface area contributed by atoms with Gasteiger partial charge in [0.05, 0.1) is 5.39 Å². The summed E-state index contributed by atoms with van der Waals surface area (Å²) in [7, 11) is 0. The molecule has 0 saturated carbocycles. The third-order valence-electron chi connectivity index (χ3n) is 5.41. The van der Waals surface area contributed by atoms with Crippen LogP contribution in [0.2, 0.25) is 0 Å². The fourth-order valence-corrected chi connectivity index (χ4v) is 4.70. The van der Waals surface area contributed by atoms with E-state index in [1.165, 1.54) is 16.7 Å². The number of nitrogens with one attached hydrogen (secondary N) is 1. The number of aryl methyl sites for hydroxylation is 2. The van der Waals surface area contributed by atoms with Crippen LogP contribution in [-0.2, 0) is 6.61 Å². The lowest BCUT2D eigenvalue weighted by Crippen LogP contribution is -1.97. The smallest absolute Gasteiger partial charge is 0.143 e. The van der Waals surface area contributed by atoms with Crippen LogP contribution in [0.4, 0.5) is 11.5 Å². The molecule has 0 saturated heterocycles. The van der Waals surface area contributed by atoms with Crippen molar-refractivity contribution in [1.29, 1.82) is 0 Å². The highest BCUT2D eigenvalue weighted by atomic mass is 32.1. The zero-order valence-corrected chi connectivity index (χ0v) is 18.8. The van der Waals surface area contributed by atoms with E-state index < -0.39 is 0 Å². The highest BCUT2D eigenvalue weighted by molar-refractivity contribution is 7.17. The molecule has 0 atom stereocenters. The van der Waals surface area contributed by atoms with Crippen molar-refractivity contribution < 1.29 is 4.74 Å². The van der Waals surface area contributed by atoms with Gasteiger partial charge in [0.15, 0.2) is 0 Å². The Morgan fingerprint density at radius 3 is 2.47 bits per heavy atom. The number of aromatic nitrogens is 2. The molecular weight excluding hydrogens is 414 g/mol. The van der Waals surface area contributed by atoms with E-state index >= 15 is 0 Å². The minimum absolute atomic E-state index is 0.550. The molecule has 3 aromatic carbocycles. The molecule has 5 aromatic rings. The van der Waals surface area contributed by atoms with Crippen LogP contribution in [-0.4, -0.2) is 9.97 Å². The first-order chi connectivity index (χ1) is 15.7. The Labute approximate surface area is 191 Å². The van der Waals surface area contributed by atoms with Gasteiger partial charge in [-0.25, -0.2) is 9.97 Å². The van der Waals surface area contributed by atoms with Crippen LogP contribution in [0.25, 0.3) is 21.3 Å². The van der Waals surface area contributed by atoms with Crippen LogP contribution >= 0.6 is 11.3 Å². The molecule has 0 radical (unpaired) electrons. The second-order valence-electron chi connectivity index (χ2n) is 7.79. The number of anilines is 2. The fraction of sp³-hybridized carbons (Fsp3) is 0.111. The van der Waals surface area contributed by atoms with Crippen molar-refractivity contribution in [3.8, 4) is 16.9 Å². The standard InChI is InChI=1S/C27H23N3OS/c1-18-8-13-23(19(2)14-18)24-16-32-27-25(24)26(28-17-29-27)30-21-9-11-22(12-10-21)31-15-20-6-4-3-5-7-20/h3-14,16-17H,15H2,1-2H3,(H,28,29,30). The molecule has 1 N–H and O–H groups in total. The van der Waals surface area contributed by atoms with E-state index in [9.17, 15) is 0 Å². The molecular formula is C27H23N3OS. The Morgan fingerprint density at radius 1 is 0.875 bits per heavy atom. The maximum Gasteiger partial charge on any atom is 0.143 e. The lowest BCUT2D eigenvalue weighted by molar-refractivity contribution is 0.306. The maximum absolute atomic E-state index is 5.90. The summed E-state index contributed by atoms with van der Waals surface area (Å²) in [6, 6.07) is 24.7. The molecule has 0 bridgehead atoms. The van der Waals surface area contributed by atoms with E-state index in [4.69, 9.17) is 4.74 Å². The molecule has 0 fully saturated rings. The van der Waals surface area contributed by atoms with E-state index in [1.807, 2.05) is 42.5 Å². The largest absolute Gasteiger partial charge is 0.489 e. The summed E-state index contributed by atoms with van der Waals surface area (Å²) >= 11 is 1.64. The van der Waals surface area contributed by atoms with Crippen LogP contribution in [0, 0.1) is 13.8 Å². The zero-order chi connectivity index (χ0) is 21.9. The van der Waals surface area contributed by atoms with Gasteiger partial charge in [-0.2, -0.15) is 0 Å². The molecule has 0 aliphatic rings. The van der Waals surface area contributed by atoms with Crippen LogP contribution < -0.4 is 10.1 Å². The van der Waals surface area contributed by atoms with Gasteiger partial charge in [0, 0.05) is 16.6 Å². The Bertz CT molecular complexity index is 1360. The van der Waals surface area contributed by atoms with Crippen LogP contribution in [0.15, 0.2) is 84.5 Å². The minimum Gasteiger partial charge on any atom is -0.489 e. The number of nitrogens with zero attached hydrogens (tertiary/aromatic N) is 2.